The van der Waals surface area contributed by atoms with Crippen LogP contribution in [0.2, 0.25) is 0 Å². The number of nitrogens with one attached hydrogen (secondary N) is 1. The first kappa shape index (κ1) is 17.9. The van der Waals surface area contributed by atoms with Crippen molar-refractivity contribution >= 4 is 10.9 Å². The maximum absolute atomic E-state index is 13.1. The van der Waals surface area contributed by atoms with E-state index in [0.717, 1.165) is 22.5 Å². The molecule has 0 aliphatic rings. The van der Waals surface area contributed by atoms with Crippen LogP contribution in [0.5, 0.6) is 5.75 Å². The summed E-state index contributed by atoms with van der Waals surface area (Å²) in [6.07, 6.45) is 0. The normalized spacial score (nSPS) is 11.1. The van der Waals surface area contributed by atoms with Gasteiger partial charge in [0.2, 0.25) is 0 Å². The first-order valence-electron chi connectivity index (χ1n) is 9.67. The topological polar surface area (TPSA) is 70.9 Å². The van der Waals surface area contributed by atoms with E-state index >= 15 is 0 Å². The largest absolute Gasteiger partial charge is 0.506 e. The van der Waals surface area contributed by atoms with Crippen molar-refractivity contribution in [2.75, 3.05) is 0 Å². The van der Waals surface area contributed by atoms with Gasteiger partial charge in [0.15, 0.2) is 0 Å². The van der Waals surface area contributed by atoms with Crippen LogP contribution in [-0.2, 0) is 7.05 Å². The lowest BCUT2D eigenvalue weighted by Crippen LogP contribution is -2.19. The fourth-order valence-corrected chi connectivity index (χ4v) is 3.80. The van der Waals surface area contributed by atoms with Gasteiger partial charge in [0.25, 0.3) is 5.56 Å². The quantitative estimate of drug-likeness (QED) is 0.455. The molecule has 0 amide bonds. The summed E-state index contributed by atoms with van der Waals surface area (Å²) in [6.45, 7) is 0. The molecule has 2 N–H and O–H groups in total. The van der Waals surface area contributed by atoms with Gasteiger partial charge in [-0.1, -0.05) is 72.8 Å². The highest BCUT2D eigenvalue weighted by Gasteiger charge is 2.22. The number of aromatic nitrogens is 3. The van der Waals surface area contributed by atoms with Crippen LogP contribution in [0.25, 0.3) is 44.8 Å². The molecule has 0 unspecified atom stereocenters. The van der Waals surface area contributed by atoms with E-state index in [1.165, 1.54) is 4.57 Å². The lowest BCUT2D eigenvalue weighted by molar-refractivity contribution is 0.481. The number of H-pyrrole nitrogens is 1. The molecule has 5 heteroatoms. The van der Waals surface area contributed by atoms with E-state index in [4.69, 9.17) is 4.98 Å². The molecule has 30 heavy (non-hydrogen) atoms. The van der Waals surface area contributed by atoms with Gasteiger partial charge < -0.3 is 14.7 Å². The number of benzene rings is 3. The molecule has 0 aliphatic heterocycles. The molecule has 2 heterocycles. The number of fused-ring (bicyclic) bond motifs is 1. The van der Waals surface area contributed by atoms with Crippen LogP contribution in [0.4, 0.5) is 0 Å². The molecule has 0 aliphatic carbocycles. The Morgan fingerprint density at radius 1 is 0.833 bits per heavy atom. The standard InChI is InChI=1S/C25H19N3O2/c1-28-19-15-9-8-14-18(19)23(29)20(25(28)30)24-26-21(16-10-4-2-5-11-16)22(27-24)17-12-6-3-7-13-17/h2-15,29H,1H3,(H,26,27). The van der Waals surface area contributed by atoms with Crippen LogP contribution < -0.4 is 5.56 Å². The molecule has 0 spiro atoms. The highest BCUT2D eigenvalue weighted by molar-refractivity contribution is 5.92. The van der Waals surface area contributed by atoms with E-state index in [1.807, 2.05) is 78.9 Å². The minimum atomic E-state index is -0.306. The van der Waals surface area contributed by atoms with Crippen molar-refractivity contribution in [3.63, 3.8) is 0 Å². The summed E-state index contributed by atoms with van der Waals surface area (Å²) in [4.78, 5) is 21.2. The lowest BCUT2D eigenvalue weighted by Gasteiger charge is -2.10. The van der Waals surface area contributed by atoms with Gasteiger partial charge >= 0.3 is 0 Å². The van der Waals surface area contributed by atoms with Crippen molar-refractivity contribution in [2.24, 2.45) is 7.05 Å². The second-order valence-electron chi connectivity index (χ2n) is 7.15. The van der Waals surface area contributed by atoms with Crippen molar-refractivity contribution in [3.05, 3.63) is 95.3 Å². The van der Waals surface area contributed by atoms with Gasteiger partial charge in [0, 0.05) is 23.6 Å². The minimum Gasteiger partial charge on any atom is -0.506 e. The molecular weight excluding hydrogens is 374 g/mol. The molecule has 5 rings (SSSR count). The molecule has 0 atom stereocenters. The Kier molecular flexibility index (Phi) is 4.21. The lowest BCUT2D eigenvalue weighted by atomic mass is 10.1. The van der Waals surface area contributed by atoms with Gasteiger partial charge in [0.1, 0.15) is 17.1 Å². The van der Waals surface area contributed by atoms with E-state index in [9.17, 15) is 9.90 Å². The van der Waals surface area contributed by atoms with E-state index in [2.05, 4.69) is 4.98 Å². The Balaban J connectivity index is 1.82. The summed E-state index contributed by atoms with van der Waals surface area (Å²) < 4.78 is 1.54. The monoisotopic (exact) mass is 393 g/mol. The van der Waals surface area contributed by atoms with E-state index in [0.29, 0.717) is 16.7 Å². The molecule has 0 radical (unpaired) electrons. The molecule has 3 aromatic carbocycles. The first-order chi connectivity index (χ1) is 14.6. The summed E-state index contributed by atoms with van der Waals surface area (Å²) in [6, 6.07) is 26.9. The fourth-order valence-electron chi connectivity index (χ4n) is 3.80. The van der Waals surface area contributed by atoms with E-state index < -0.39 is 0 Å². The summed E-state index contributed by atoms with van der Waals surface area (Å²) in [5, 5.41) is 11.6. The highest BCUT2D eigenvalue weighted by atomic mass is 16.3. The molecule has 0 saturated heterocycles. The second kappa shape index (κ2) is 7.04. The third kappa shape index (κ3) is 2.79. The predicted octanol–water partition coefficient (Wildman–Crippen LogP) is 4.97. The smallest absolute Gasteiger partial charge is 0.265 e. The maximum Gasteiger partial charge on any atom is 0.265 e. The molecule has 0 saturated carbocycles. The number of aryl methyl sites for hydroxylation is 1. The second-order valence-corrected chi connectivity index (χ2v) is 7.15. The third-order valence-corrected chi connectivity index (χ3v) is 5.33. The van der Waals surface area contributed by atoms with Crippen molar-refractivity contribution in [1.29, 1.82) is 0 Å². The summed E-state index contributed by atoms with van der Waals surface area (Å²) in [5.74, 6) is 0.276. The number of aromatic hydroxyl groups is 1. The summed E-state index contributed by atoms with van der Waals surface area (Å²) in [7, 11) is 1.70. The Morgan fingerprint density at radius 2 is 1.43 bits per heavy atom. The number of hydrogen-bond acceptors (Lipinski definition) is 3. The van der Waals surface area contributed by atoms with Gasteiger partial charge in [-0.15, -0.1) is 0 Å². The van der Waals surface area contributed by atoms with Gasteiger partial charge in [-0.05, 0) is 12.1 Å². The molecular formula is C25H19N3O2. The van der Waals surface area contributed by atoms with E-state index in [-0.39, 0.29) is 16.9 Å². The number of hydrogen-bond donors (Lipinski definition) is 2. The Bertz CT molecular complexity index is 1360. The van der Waals surface area contributed by atoms with Crippen LogP contribution in [-0.4, -0.2) is 19.6 Å². The molecule has 5 aromatic rings. The van der Waals surface area contributed by atoms with E-state index in [1.54, 1.807) is 13.1 Å². The summed E-state index contributed by atoms with van der Waals surface area (Å²) in [5.41, 5.74) is 3.93. The van der Waals surface area contributed by atoms with Crippen LogP contribution in [0, 0.1) is 0 Å². The van der Waals surface area contributed by atoms with Crippen LogP contribution in [0.3, 0.4) is 0 Å². The van der Waals surface area contributed by atoms with Crippen LogP contribution in [0.15, 0.2) is 89.7 Å². The number of imidazole rings is 1. The van der Waals surface area contributed by atoms with Gasteiger partial charge in [-0.2, -0.15) is 0 Å². The van der Waals surface area contributed by atoms with Crippen LogP contribution >= 0.6 is 0 Å². The number of nitrogens with zero attached hydrogens (tertiary/aromatic N) is 2. The Hall–Kier alpha value is -4.12. The molecule has 2 aromatic heterocycles. The number of para-hydroxylation sites is 1. The average Bonchev–Trinajstić information content (AvgIpc) is 3.24. The third-order valence-electron chi connectivity index (χ3n) is 5.33. The highest BCUT2D eigenvalue weighted by Crippen LogP contribution is 2.36. The minimum absolute atomic E-state index is 0.0679. The van der Waals surface area contributed by atoms with Crippen molar-refractivity contribution in [1.82, 2.24) is 14.5 Å². The number of pyridine rings is 1. The van der Waals surface area contributed by atoms with Crippen LogP contribution in [0.1, 0.15) is 0 Å². The van der Waals surface area contributed by atoms with Crippen molar-refractivity contribution < 1.29 is 5.11 Å². The molecule has 146 valence electrons. The number of aromatic amines is 1. The van der Waals surface area contributed by atoms with Crippen molar-refractivity contribution in [3.8, 4) is 39.7 Å². The zero-order chi connectivity index (χ0) is 20.7. The number of rotatable bonds is 3. The predicted molar refractivity (Wildman–Crippen MR) is 119 cm³/mol. The SMILES string of the molecule is Cn1c(=O)c(-c2nc(-c3ccccc3)c(-c3ccccc3)[nH]2)c(O)c2ccccc21. The fraction of sp³-hybridized carbons (Fsp3) is 0.0400. The summed E-state index contributed by atoms with van der Waals surface area (Å²) >= 11 is 0. The molecule has 5 nitrogen and oxygen atoms in total. The molecule has 0 fully saturated rings. The van der Waals surface area contributed by atoms with Crippen molar-refractivity contribution in [2.45, 2.75) is 0 Å². The Labute approximate surface area is 172 Å². The maximum atomic E-state index is 13.1. The Morgan fingerprint density at radius 3 is 2.13 bits per heavy atom. The van der Waals surface area contributed by atoms with Gasteiger partial charge in [-0.25, -0.2) is 4.98 Å². The molecule has 0 bridgehead atoms. The zero-order valence-electron chi connectivity index (χ0n) is 16.3. The van der Waals surface area contributed by atoms with Gasteiger partial charge in [-0.3, -0.25) is 4.79 Å². The zero-order valence-corrected chi connectivity index (χ0v) is 16.3. The average molecular weight is 393 g/mol. The first-order valence-corrected chi connectivity index (χ1v) is 9.67. The van der Waals surface area contributed by atoms with Gasteiger partial charge in [0.05, 0.1) is 16.9 Å².